The topological polar surface area (TPSA) is 58.3 Å². The first-order chi connectivity index (χ1) is 8.56. The highest BCUT2D eigenvalue weighted by atomic mass is 79.9. The number of aliphatic hydroxyl groups excluding tert-OH is 1. The maximum Gasteiger partial charge on any atom is 0.139 e. The minimum atomic E-state index is -0.365. The van der Waals surface area contributed by atoms with Crippen LogP contribution < -0.4 is 11.1 Å². The number of halogens is 2. The van der Waals surface area contributed by atoms with Crippen LogP contribution >= 0.6 is 15.9 Å². The fourth-order valence-electron chi connectivity index (χ4n) is 2.51. The summed E-state index contributed by atoms with van der Waals surface area (Å²) in [6.45, 7) is 0.855. The largest absolute Gasteiger partial charge is 0.397 e. The monoisotopic (exact) mass is 316 g/mol. The first-order valence-corrected chi connectivity index (χ1v) is 6.95. The van der Waals surface area contributed by atoms with Crippen LogP contribution in [-0.4, -0.2) is 18.3 Å². The molecule has 5 heteroatoms. The van der Waals surface area contributed by atoms with Crippen molar-refractivity contribution in [3.63, 3.8) is 0 Å². The summed E-state index contributed by atoms with van der Waals surface area (Å²) in [5.41, 5.74) is 6.83. The standard InChI is InChI=1S/C13H18BrFN2O/c14-9-5-12(11(16)6-10(9)15)17-7-13(8-18)3-1-2-4-13/h5-6,17-18H,1-4,7-8,16H2. The van der Waals surface area contributed by atoms with Crippen LogP contribution in [0.2, 0.25) is 0 Å². The van der Waals surface area contributed by atoms with Crippen molar-refractivity contribution in [1.82, 2.24) is 0 Å². The molecule has 0 aromatic heterocycles. The average molecular weight is 317 g/mol. The molecule has 0 bridgehead atoms. The molecule has 0 amide bonds. The second-order valence-electron chi connectivity index (χ2n) is 5.07. The van der Waals surface area contributed by atoms with E-state index in [4.69, 9.17) is 5.73 Å². The smallest absolute Gasteiger partial charge is 0.139 e. The third-order valence-electron chi connectivity index (χ3n) is 3.75. The highest BCUT2D eigenvalue weighted by molar-refractivity contribution is 9.10. The second kappa shape index (κ2) is 5.45. The van der Waals surface area contributed by atoms with Gasteiger partial charge in [-0.25, -0.2) is 4.39 Å². The van der Waals surface area contributed by atoms with Gasteiger partial charge < -0.3 is 16.2 Å². The lowest BCUT2D eigenvalue weighted by molar-refractivity contribution is 0.142. The molecule has 18 heavy (non-hydrogen) atoms. The lowest BCUT2D eigenvalue weighted by Gasteiger charge is -2.27. The predicted molar refractivity (Wildman–Crippen MR) is 75.0 cm³/mol. The summed E-state index contributed by atoms with van der Waals surface area (Å²) < 4.78 is 13.6. The van der Waals surface area contributed by atoms with Crippen molar-refractivity contribution in [2.45, 2.75) is 25.7 Å². The van der Waals surface area contributed by atoms with Crippen LogP contribution in [0.25, 0.3) is 0 Å². The van der Waals surface area contributed by atoms with E-state index in [1.807, 2.05) is 0 Å². The normalized spacial score (nSPS) is 17.9. The van der Waals surface area contributed by atoms with E-state index in [-0.39, 0.29) is 17.8 Å². The van der Waals surface area contributed by atoms with E-state index in [1.165, 1.54) is 6.07 Å². The van der Waals surface area contributed by atoms with Gasteiger partial charge in [0.1, 0.15) is 5.82 Å². The predicted octanol–water partition coefficient (Wildman–Crippen LogP) is 3.14. The Labute approximate surface area is 115 Å². The molecule has 0 spiro atoms. The molecule has 100 valence electrons. The molecule has 1 aromatic rings. The summed E-state index contributed by atoms with van der Waals surface area (Å²) in [5.74, 6) is -0.365. The Morgan fingerprint density at radius 2 is 2.06 bits per heavy atom. The van der Waals surface area contributed by atoms with Crippen LogP contribution in [0.15, 0.2) is 16.6 Å². The van der Waals surface area contributed by atoms with Gasteiger partial charge in [0, 0.05) is 18.0 Å². The molecule has 4 N–H and O–H groups in total. The summed E-state index contributed by atoms with van der Waals surface area (Å²) >= 11 is 3.14. The number of rotatable bonds is 4. The molecule has 0 heterocycles. The number of hydrogen-bond acceptors (Lipinski definition) is 3. The Hall–Kier alpha value is -0.810. The third-order valence-corrected chi connectivity index (χ3v) is 4.35. The Morgan fingerprint density at radius 3 is 2.67 bits per heavy atom. The summed E-state index contributed by atoms with van der Waals surface area (Å²) in [6, 6.07) is 2.94. The number of anilines is 2. The minimum Gasteiger partial charge on any atom is -0.397 e. The molecule has 1 saturated carbocycles. The third kappa shape index (κ3) is 2.78. The zero-order chi connectivity index (χ0) is 13.2. The van der Waals surface area contributed by atoms with Crippen LogP contribution in [0.1, 0.15) is 25.7 Å². The van der Waals surface area contributed by atoms with Crippen LogP contribution in [0, 0.1) is 11.2 Å². The van der Waals surface area contributed by atoms with Gasteiger partial charge in [0.25, 0.3) is 0 Å². The zero-order valence-corrected chi connectivity index (χ0v) is 11.8. The SMILES string of the molecule is Nc1cc(F)c(Br)cc1NCC1(CO)CCCC1. The fourth-order valence-corrected chi connectivity index (χ4v) is 2.86. The molecule has 1 aromatic carbocycles. The molecule has 2 rings (SSSR count). The fraction of sp³-hybridized carbons (Fsp3) is 0.538. The molecular formula is C13H18BrFN2O. The van der Waals surface area contributed by atoms with Gasteiger partial charge in [-0.05, 0) is 34.8 Å². The minimum absolute atomic E-state index is 0.0483. The quantitative estimate of drug-likeness (QED) is 0.748. The van der Waals surface area contributed by atoms with Gasteiger partial charge in [0.05, 0.1) is 22.5 Å². The van der Waals surface area contributed by atoms with Crippen molar-refractivity contribution in [2.24, 2.45) is 5.41 Å². The molecule has 0 radical (unpaired) electrons. The van der Waals surface area contributed by atoms with E-state index in [2.05, 4.69) is 21.2 Å². The molecule has 0 aliphatic heterocycles. The van der Waals surface area contributed by atoms with E-state index in [9.17, 15) is 9.50 Å². The molecule has 0 atom stereocenters. The van der Waals surface area contributed by atoms with Crippen LogP contribution in [-0.2, 0) is 0 Å². The van der Waals surface area contributed by atoms with E-state index >= 15 is 0 Å². The summed E-state index contributed by atoms with van der Waals surface area (Å²) in [6.07, 6.45) is 4.37. The van der Waals surface area contributed by atoms with Crippen LogP contribution in [0.5, 0.6) is 0 Å². The zero-order valence-electron chi connectivity index (χ0n) is 10.2. The van der Waals surface area contributed by atoms with Crippen LogP contribution in [0.4, 0.5) is 15.8 Å². The van der Waals surface area contributed by atoms with Gasteiger partial charge in [0.15, 0.2) is 0 Å². The molecule has 1 aliphatic carbocycles. The molecule has 0 saturated heterocycles. The average Bonchev–Trinajstić information content (AvgIpc) is 2.82. The Bertz CT molecular complexity index is 433. The highest BCUT2D eigenvalue weighted by Gasteiger charge is 2.33. The van der Waals surface area contributed by atoms with Crippen molar-refractivity contribution in [3.05, 3.63) is 22.4 Å². The summed E-state index contributed by atoms with van der Waals surface area (Å²) in [7, 11) is 0. The van der Waals surface area contributed by atoms with E-state index in [0.717, 1.165) is 25.7 Å². The lowest BCUT2D eigenvalue weighted by Crippen LogP contribution is -2.30. The lowest BCUT2D eigenvalue weighted by atomic mass is 9.87. The maximum absolute atomic E-state index is 13.2. The summed E-state index contributed by atoms with van der Waals surface area (Å²) in [4.78, 5) is 0. The van der Waals surface area contributed by atoms with Crippen molar-refractivity contribution >= 4 is 27.3 Å². The maximum atomic E-state index is 13.2. The van der Waals surface area contributed by atoms with Gasteiger partial charge in [-0.3, -0.25) is 0 Å². The first-order valence-electron chi connectivity index (χ1n) is 6.16. The number of hydrogen-bond donors (Lipinski definition) is 3. The first kappa shape index (κ1) is 13.6. The number of benzene rings is 1. The van der Waals surface area contributed by atoms with Crippen molar-refractivity contribution in [1.29, 1.82) is 0 Å². The number of nitrogens with one attached hydrogen (secondary N) is 1. The Morgan fingerprint density at radius 1 is 1.39 bits per heavy atom. The molecule has 0 unspecified atom stereocenters. The molecular weight excluding hydrogens is 299 g/mol. The van der Waals surface area contributed by atoms with E-state index in [1.54, 1.807) is 6.07 Å². The Balaban J connectivity index is 2.08. The van der Waals surface area contributed by atoms with Gasteiger partial charge in [0.2, 0.25) is 0 Å². The highest BCUT2D eigenvalue weighted by Crippen LogP contribution is 2.38. The van der Waals surface area contributed by atoms with Gasteiger partial charge in [-0.15, -0.1) is 0 Å². The van der Waals surface area contributed by atoms with Crippen molar-refractivity contribution in [2.75, 3.05) is 24.2 Å². The van der Waals surface area contributed by atoms with E-state index in [0.29, 0.717) is 22.4 Å². The van der Waals surface area contributed by atoms with E-state index < -0.39 is 0 Å². The van der Waals surface area contributed by atoms with Gasteiger partial charge >= 0.3 is 0 Å². The van der Waals surface area contributed by atoms with Crippen molar-refractivity contribution < 1.29 is 9.50 Å². The number of nitrogens with two attached hydrogens (primary N) is 1. The Kier molecular flexibility index (Phi) is 4.12. The number of nitrogen functional groups attached to an aromatic ring is 1. The summed E-state index contributed by atoms with van der Waals surface area (Å²) in [5, 5.41) is 12.8. The van der Waals surface area contributed by atoms with Crippen molar-refractivity contribution in [3.8, 4) is 0 Å². The molecule has 1 aliphatic rings. The molecule has 1 fully saturated rings. The second-order valence-corrected chi connectivity index (χ2v) is 5.93. The van der Waals surface area contributed by atoms with Gasteiger partial charge in [-0.1, -0.05) is 12.8 Å². The molecule has 3 nitrogen and oxygen atoms in total. The van der Waals surface area contributed by atoms with Gasteiger partial charge in [-0.2, -0.15) is 0 Å². The van der Waals surface area contributed by atoms with Crippen LogP contribution in [0.3, 0.4) is 0 Å². The number of aliphatic hydroxyl groups is 1.